The van der Waals surface area contributed by atoms with Crippen LogP contribution in [0.4, 0.5) is 0 Å². The van der Waals surface area contributed by atoms with E-state index >= 15 is 0 Å². The Kier molecular flexibility index (Phi) is 10.2. The van der Waals surface area contributed by atoms with Gasteiger partial charge in [-0.3, -0.25) is 0 Å². The van der Waals surface area contributed by atoms with Gasteiger partial charge in [-0.15, -0.1) is 0 Å². The van der Waals surface area contributed by atoms with Crippen molar-refractivity contribution in [3.8, 4) is 0 Å². The molecule has 0 fully saturated rings. The number of rotatable bonds is 12. The second-order valence-electron chi connectivity index (χ2n) is 5.55. The molecule has 0 aliphatic rings. The number of hydroxylamine groups is 2. The van der Waals surface area contributed by atoms with E-state index in [0.29, 0.717) is 11.4 Å². The highest BCUT2D eigenvalue weighted by Gasteiger charge is 2.21. The zero-order valence-corrected chi connectivity index (χ0v) is 12.5. The molecule has 0 spiro atoms. The van der Waals surface area contributed by atoms with Gasteiger partial charge in [0.1, 0.15) is 14.1 Å². The zero-order chi connectivity index (χ0) is 13.9. The van der Waals surface area contributed by atoms with Gasteiger partial charge in [-0.1, -0.05) is 63.0 Å². The Bertz CT molecular complexity index is 212. The average Bonchev–Trinajstić information content (AvgIpc) is 2.30. The maximum Gasteiger partial charge on any atom is 0.255 e. The molecule has 0 rings (SSSR count). The van der Waals surface area contributed by atoms with E-state index in [9.17, 15) is 10.1 Å². The van der Waals surface area contributed by atoms with Crippen LogP contribution in [0.5, 0.6) is 0 Å². The molecule has 0 unspecified atom stereocenters. The molecule has 0 bridgehead atoms. The van der Waals surface area contributed by atoms with Crippen LogP contribution in [-0.4, -0.2) is 30.3 Å². The van der Waals surface area contributed by atoms with Crippen molar-refractivity contribution in [2.75, 3.05) is 20.6 Å². The first-order valence-electron chi connectivity index (χ1n) is 7.48. The molecule has 0 saturated carbocycles. The van der Waals surface area contributed by atoms with Gasteiger partial charge in [-0.05, 0) is 6.42 Å². The fourth-order valence-electron chi connectivity index (χ4n) is 1.98. The quantitative estimate of drug-likeness (QED) is 0.228. The summed E-state index contributed by atoms with van der Waals surface area (Å²) in [7, 11) is 2.73. The minimum Gasteiger partial charge on any atom is -0.571 e. The molecular weight excluding hydrogens is 228 g/mol. The van der Waals surface area contributed by atoms with Crippen LogP contribution in [0.25, 0.3) is 0 Å². The Labute approximate surface area is 112 Å². The Morgan fingerprint density at radius 2 is 1.22 bits per heavy atom. The third-order valence-corrected chi connectivity index (χ3v) is 3.24. The van der Waals surface area contributed by atoms with Crippen LogP contribution in [0, 0.1) is 10.1 Å². The van der Waals surface area contributed by atoms with Gasteiger partial charge in [0.15, 0.2) is 4.87 Å². The molecule has 4 nitrogen and oxygen atoms in total. The van der Waals surface area contributed by atoms with Gasteiger partial charge >= 0.3 is 0 Å². The van der Waals surface area contributed by atoms with Crippen molar-refractivity contribution in [1.29, 1.82) is 0 Å². The fraction of sp³-hybridized carbons (Fsp3) is 1.00. The average molecular weight is 259 g/mol. The number of quaternary nitrogens is 1. The van der Waals surface area contributed by atoms with Gasteiger partial charge in [0.2, 0.25) is 0 Å². The molecule has 0 radical (unpaired) electrons. The number of nitrogens with zero attached hydrogens (tertiary/aromatic N) is 2. The second kappa shape index (κ2) is 10.4. The summed E-state index contributed by atoms with van der Waals surface area (Å²) in [6.45, 7) is 2.59. The van der Waals surface area contributed by atoms with Crippen molar-refractivity contribution >= 4 is 0 Å². The molecule has 0 aromatic rings. The van der Waals surface area contributed by atoms with Crippen LogP contribution < -0.4 is 0 Å². The Morgan fingerprint density at radius 1 is 0.833 bits per heavy atom. The Hall–Kier alpha value is -0.480. The lowest BCUT2D eigenvalue weighted by molar-refractivity contribution is -1.29. The molecule has 108 valence electrons. The van der Waals surface area contributed by atoms with Crippen molar-refractivity contribution in [1.82, 2.24) is 0 Å². The van der Waals surface area contributed by atoms with Gasteiger partial charge in [-0.2, -0.15) is 0 Å². The van der Waals surface area contributed by atoms with Crippen molar-refractivity contribution in [2.45, 2.75) is 71.1 Å². The van der Waals surface area contributed by atoms with E-state index in [1.165, 1.54) is 65.5 Å². The van der Waals surface area contributed by atoms with Gasteiger partial charge in [-0.25, -0.2) is 0 Å². The van der Waals surface area contributed by atoms with Crippen LogP contribution in [0.1, 0.15) is 71.1 Å². The lowest BCUT2D eigenvalue weighted by Gasteiger charge is -2.19. The van der Waals surface area contributed by atoms with E-state index in [1.807, 2.05) is 0 Å². The van der Waals surface area contributed by atoms with E-state index in [0.717, 1.165) is 12.8 Å². The van der Waals surface area contributed by atoms with Crippen LogP contribution >= 0.6 is 0 Å². The van der Waals surface area contributed by atoms with Crippen molar-refractivity contribution in [3.63, 3.8) is 0 Å². The zero-order valence-electron chi connectivity index (χ0n) is 12.5. The molecule has 0 atom stereocenters. The highest BCUT2D eigenvalue weighted by molar-refractivity contribution is 4.46. The fourth-order valence-corrected chi connectivity index (χ4v) is 1.98. The summed E-state index contributed by atoms with van der Waals surface area (Å²) in [6.07, 6.45) is 12.4. The third kappa shape index (κ3) is 10.7. The van der Waals surface area contributed by atoms with Gasteiger partial charge in [0, 0.05) is 6.42 Å². The summed E-state index contributed by atoms with van der Waals surface area (Å²) < 4.78 is -0.864. The van der Waals surface area contributed by atoms with E-state index in [4.69, 9.17) is 0 Å². The molecule has 0 aromatic carbocycles. The summed E-state index contributed by atoms with van der Waals surface area (Å²) in [5.41, 5.74) is 0. The molecule has 18 heavy (non-hydrogen) atoms. The lowest BCUT2D eigenvalue weighted by atomic mass is 10.1. The van der Waals surface area contributed by atoms with Gasteiger partial charge in [0.05, 0.1) is 4.91 Å². The Balaban J connectivity index is 3.19. The smallest absolute Gasteiger partial charge is 0.255 e. The summed E-state index contributed by atoms with van der Waals surface area (Å²) in [4.78, 5) is 11.9. The van der Waals surface area contributed by atoms with Gasteiger partial charge in [0.25, 0.3) is 6.54 Å². The molecule has 0 N–H and O–H groups in total. The van der Waals surface area contributed by atoms with Crippen LogP contribution in [-0.2, 0) is 0 Å². The predicted octanol–water partition coefficient (Wildman–Crippen LogP) is 4.18. The van der Waals surface area contributed by atoms with E-state index in [2.05, 4.69) is 6.92 Å². The number of unbranched alkanes of at least 4 members (excludes halogenated alkanes) is 9. The standard InChI is InChI=1S/C14H31N2O2/c1-4-5-6-7-8-9-10-11-12-13-14-15(17)16(2,3)18/h4-14H2,1-3H3/q+1. The van der Waals surface area contributed by atoms with Crippen LogP contribution in [0.3, 0.4) is 0 Å². The van der Waals surface area contributed by atoms with Crippen molar-refractivity contribution in [3.05, 3.63) is 10.1 Å². The first-order chi connectivity index (χ1) is 8.48. The van der Waals surface area contributed by atoms with Crippen LogP contribution in [0.15, 0.2) is 0 Å². The minimum atomic E-state index is -0.864. The van der Waals surface area contributed by atoms with Crippen LogP contribution in [0.2, 0.25) is 0 Å². The van der Waals surface area contributed by atoms with Crippen molar-refractivity contribution < 1.29 is 9.62 Å². The topological polar surface area (TPSA) is 43.1 Å². The maximum atomic E-state index is 11.3. The van der Waals surface area contributed by atoms with E-state index in [-0.39, 0.29) is 0 Å². The maximum absolute atomic E-state index is 11.3. The number of nitroso groups, excluding NO2 is 1. The number of hydrogen-bond acceptors (Lipinski definition) is 2. The highest BCUT2D eigenvalue weighted by Crippen LogP contribution is 2.10. The van der Waals surface area contributed by atoms with Gasteiger partial charge < -0.3 is 5.21 Å². The monoisotopic (exact) mass is 259 g/mol. The summed E-state index contributed by atoms with van der Waals surface area (Å²) in [5.74, 6) is 0. The highest BCUT2D eigenvalue weighted by atomic mass is 16.6. The normalized spacial score (nSPS) is 11.8. The molecule has 0 heterocycles. The first-order valence-corrected chi connectivity index (χ1v) is 7.48. The van der Waals surface area contributed by atoms with Crippen molar-refractivity contribution in [2.24, 2.45) is 0 Å². The minimum absolute atomic E-state index is 0.354. The lowest BCUT2D eigenvalue weighted by Crippen LogP contribution is -2.42. The molecule has 0 aliphatic heterocycles. The first kappa shape index (κ1) is 17.5. The third-order valence-electron chi connectivity index (χ3n) is 3.24. The molecule has 4 heteroatoms. The summed E-state index contributed by atoms with van der Waals surface area (Å²) in [6, 6.07) is 0. The molecule has 0 aliphatic carbocycles. The molecule has 0 aromatic heterocycles. The SMILES string of the molecule is CCCCCCCCCCCC[N+](=O)[N+](C)(C)[O-]. The summed E-state index contributed by atoms with van der Waals surface area (Å²) in [5, 5.41) is 11.2. The molecule has 0 saturated heterocycles. The summed E-state index contributed by atoms with van der Waals surface area (Å²) >= 11 is 0. The largest absolute Gasteiger partial charge is 0.571 e. The number of hydrogen-bond donors (Lipinski definition) is 0. The van der Waals surface area contributed by atoms with E-state index < -0.39 is 4.76 Å². The van der Waals surface area contributed by atoms with E-state index in [1.54, 1.807) is 0 Å². The predicted molar refractivity (Wildman–Crippen MR) is 75.8 cm³/mol. The Morgan fingerprint density at radius 3 is 1.61 bits per heavy atom. The second-order valence-corrected chi connectivity index (χ2v) is 5.55. The molecular formula is C14H31N2O2+. The molecule has 0 amide bonds.